The monoisotopic (exact) mass is 538 g/mol. The van der Waals surface area contributed by atoms with E-state index < -0.39 is 29.3 Å². The first-order valence-corrected chi connectivity index (χ1v) is 15.4. The molecule has 0 radical (unpaired) electrons. The van der Waals surface area contributed by atoms with Gasteiger partial charge >= 0.3 is 5.97 Å². The number of halogens is 3. The van der Waals surface area contributed by atoms with Gasteiger partial charge in [0.25, 0.3) is 0 Å². The average molecular weight is 539 g/mol. The smallest absolute Gasteiger partial charge is 0.341 e. The molecule has 3 nitrogen and oxygen atoms in total. The molecule has 2 aliphatic rings. The molecular weight excluding hydrogens is 489 g/mol. The molecule has 0 heterocycles. The number of carbonyl (C=O) groups excluding carboxylic acids is 1. The SMILES string of the molecule is CCCCCC[C@H](F)COc1ccc(C(=O)OC2CCC(C3CCC(CCCCC)CC3)CC2)c(F)c1F. The fourth-order valence-electron chi connectivity index (χ4n) is 6.38. The minimum atomic E-state index is -1.30. The van der Waals surface area contributed by atoms with Gasteiger partial charge in [0.05, 0.1) is 5.56 Å². The van der Waals surface area contributed by atoms with Gasteiger partial charge in [0, 0.05) is 0 Å². The molecule has 2 aliphatic carbocycles. The second kappa shape index (κ2) is 16.4. The number of alkyl halides is 1. The lowest BCUT2D eigenvalue weighted by atomic mass is 9.70. The Balaban J connectivity index is 1.40. The fourth-order valence-corrected chi connectivity index (χ4v) is 6.38. The van der Waals surface area contributed by atoms with E-state index in [1.807, 2.05) is 0 Å². The molecule has 0 N–H and O–H groups in total. The number of carbonyl (C=O) groups is 1. The molecule has 3 rings (SSSR count). The van der Waals surface area contributed by atoms with Crippen LogP contribution in [0.4, 0.5) is 13.2 Å². The van der Waals surface area contributed by atoms with Crippen LogP contribution in [0.2, 0.25) is 0 Å². The minimum Gasteiger partial charge on any atom is -0.487 e. The highest BCUT2D eigenvalue weighted by Gasteiger charge is 2.32. The van der Waals surface area contributed by atoms with Crippen LogP contribution in [0.3, 0.4) is 0 Å². The molecule has 0 aliphatic heterocycles. The van der Waals surface area contributed by atoms with Crippen molar-refractivity contribution in [2.75, 3.05) is 6.61 Å². The summed E-state index contributed by atoms with van der Waals surface area (Å²) in [5.41, 5.74) is -0.435. The molecule has 0 aromatic heterocycles. The number of ether oxygens (including phenoxy) is 2. The summed E-state index contributed by atoms with van der Waals surface area (Å²) in [7, 11) is 0. The van der Waals surface area contributed by atoms with Crippen LogP contribution in [0.5, 0.6) is 5.75 Å². The van der Waals surface area contributed by atoms with E-state index in [1.54, 1.807) is 0 Å². The van der Waals surface area contributed by atoms with E-state index in [4.69, 9.17) is 9.47 Å². The summed E-state index contributed by atoms with van der Waals surface area (Å²) in [4.78, 5) is 12.6. The zero-order valence-corrected chi connectivity index (χ0v) is 23.6. The van der Waals surface area contributed by atoms with Crippen molar-refractivity contribution in [2.24, 2.45) is 17.8 Å². The molecule has 0 bridgehead atoms. The van der Waals surface area contributed by atoms with E-state index >= 15 is 0 Å². The van der Waals surface area contributed by atoms with Gasteiger partial charge in [0.2, 0.25) is 5.82 Å². The van der Waals surface area contributed by atoms with Crippen LogP contribution >= 0.6 is 0 Å². The maximum Gasteiger partial charge on any atom is 0.341 e. The molecule has 2 fully saturated rings. The van der Waals surface area contributed by atoms with Gasteiger partial charge < -0.3 is 9.47 Å². The minimum absolute atomic E-state index is 0.262. The normalized spacial score (nSPS) is 24.7. The molecular formula is C32H49F3O3. The van der Waals surface area contributed by atoms with Crippen LogP contribution < -0.4 is 4.74 Å². The van der Waals surface area contributed by atoms with Gasteiger partial charge in [-0.1, -0.05) is 78.1 Å². The lowest BCUT2D eigenvalue weighted by Crippen LogP contribution is -2.30. The summed E-state index contributed by atoms with van der Waals surface area (Å²) in [5, 5.41) is 0. The third-order valence-electron chi connectivity index (χ3n) is 8.82. The molecule has 216 valence electrons. The zero-order valence-electron chi connectivity index (χ0n) is 23.6. The van der Waals surface area contributed by atoms with Gasteiger partial charge in [-0.3, -0.25) is 0 Å². The van der Waals surface area contributed by atoms with Crippen LogP contribution in [0.1, 0.15) is 133 Å². The molecule has 1 aromatic carbocycles. The van der Waals surface area contributed by atoms with E-state index in [0.29, 0.717) is 12.3 Å². The van der Waals surface area contributed by atoms with Crippen LogP contribution in [0.25, 0.3) is 0 Å². The number of hydrogen-bond acceptors (Lipinski definition) is 3. The maximum atomic E-state index is 14.7. The van der Waals surface area contributed by atoms with Gasteiger partial charge in [-0.25, -0.2) is 13.6 Å². The van der Waals surface area contributed by atoms with E-state index in [9.17, 15) is 18.0 Å². The Labute approximate surface area is 228 Å². The van der Waals surface area contributed by atoms with Crippen LogP contribution in [0, 0.1) is 29.4 Å². The zero-order chi connectivity index (χ0) is 27.3. The molecule has 6 heteroatoms. The lowest BCUT2D eigenvalue weighted by molar-refractivity contribution is 0.0103. The van der Waals surface area contributed by atoms with Crippen molar-refractivity contribution in [2.45, 2.75) is 135 Å². The Morgan fingerprint density at radius 2 is 1.47 bits per heavy atom. The van der Waals surface area contributed by atoms with Gasteiger partial charge in [0.15, 0.2) is 11.6 Å². The topological polar surface area (TPSA) is 35.5 Å². The molecule has 2 saturated carbocycles. The molecule has 0 amide bonds. The van der Waals surface area contributed by atoms with Crippen LogP contribution in [-0.4, -0.2) is 24.9 Å². The second-order valence-corrected chi connectivity index (χ2v) is 11.7. The van der Waals surface area contributed by atoms with Crippen molar-refractivity contribution >= 4 is 5.97 Å². The molecule has 0 unspecified atom stereocenters. The molecule has 1 atom stereocenters. The number of hydrogen-bond donors (Lipinski definition) is 0. The summed E-state index contributed by atoms with van der Waals surface area (Å²) in [6.45, 7) is 4.00. The molecule has 0 saturated heterocycles. The lowest BCUT2D eigenvalue weighted by Gasteiger charge is -2.37. The average Bonchev–Trinajstić information content (AvgIpc) is 2.93. The summed E-state index contributed by atoms with van der Waals surface area (Å²) >= 11 is 0. The molecule has 1 aromatic rings. The van der Waals surface area contributed by atoms with Crippen LogP contribution in [0.15, 0.2) is 12.1 Å². The van der Waals surface area contributed by atoms with Crippen molar-refractivity contribution < 1.29 is 27.4 Å². The van der Waals surface area contributed by atoms with Crippen molar-refractivity contribution in [3.8, 4) is 5.75 Å². The first-order chi connectivity index (χ1) is 18.4. The number of esters is 1. The third-order valence-corrected chi connectivity index (χ3v) is 8.82. The summed E-state index contributed by atoms with van der Waals surface area (Å²) in [6, 6.07) is 2.36. The number of unbranched alkanes of at least 4 members (excludes halogenated alkanes) is 5. The predicted molar refractivity (Wildman–Crippen MR) is 146 cm³/mol. The number of rotatable bonds is 15. The maximum absolute atomic E-state index is 14.7. The van der Waals surface area contributed by atoms with Crippen molar-refractivity contribution in [3.63, 3.8) is 0 Å². The second-order valence-electron chi connectivity index (χ2n) is 11.7. The first-order valence-electron chi connectivity index (χ1n) is 15.4. The van der Waals surface area contributed by atoms with Crippen molar-refractivity contribution in [1.82, 2.24) is 0 Å². The Morgan fingerprint density at radius 3 is 2.13 bits per heavy atom. The highest BCUT2D eigenvalue weighted by atomic mass is 19.2. The van der Waals surface area contributed by atoms with Gasteiger partial charge in [-0.15, -0.1) is 0 Å². The molecule has 0 spiro atoms. The summed E-state index contributed by atoms with van der Waals surface area (Å²) in [5.74, 6) is -1.44. The summed E-state index contributed by atoms with van der Waals surface area (Å²) in [6.07, 6.45) is 16.9. The van der Waals surface area contributed by atoms with Gasteiger partial charge in [0.1, 0.15) is 18.9 Å². The van der Waals surface area contributed by atoms with Gasteiger partial charge in [-0.05, 0) is 74.8 Å². The Bertz CT molecular complexity index is 829. The molecule has 38 heavy (non-hydrogen) atoms. The third kappa shape index (κ3) is 9.48. The Kier molecular flexibility index (Phi) is 13.3. The highest BCUT2D eigenvalue weighted by Crippen LogP contribution is 2.41. The van der Waals surface area contributed by atoms with Crippen LogP contribution in [-0.2, 0) is 4.74 Å². The Hall–Kier alpha value is -1.72. The van der Waals surface area contributed by atoms with E-state index in [2.05, 4.69) is 13.8 Å². The van der Waals surface area contributed by atoms with E-state index in [0.717, 1.165) is 63.2 Å². The standard InChI is InChI=1S/C32H49F3O3/c1-3-5-7-9-11-26(33)22-37-29-21-20-28(30(34)31(29)35)32(36)38-27-18-16-25(17-19-27)24-14-12-23(13-15-24)10-8-6-4-2/h20-21,23-27H,3-19,22H2,1-2H3/t23?,24?,25?,26-,27?/m0/s1. The summed E-state index contributed by atoms with van der Waals surface area (Å²) < 4.78 is 54.0. The quantitative estimate of drug-likeness (QED) is 0.165. The highest BCUT2D eigenvalue weighted by molar-refractivity contribution is 5.90. The fraction of sp³-hybridized carbons (Fsp3) is 0.781. The Morgan fingerprint density at radius 1 is 0.842 bits per heavy atom. The predicted octanol–water partition coefficient (Wildman–Crippen LogP) is 9.75. The number of benzene rings is 1. The van der Waals surface area contributed by atoms with Gasteiger partial charge in [-0.2, -0.15) is 4.39 Å². The first kappa shape index (κ1) is 30.8. The van der Waals surface area contributed by atoms with Crippen molar-refractivity contribution in [3.05, 3.63) is 29.3 Å². The largest absolute Gasteiger partial charge is 0.487 e. The van der Waals surface area contributed by atoms with E-state index in [-0.39, 0.29) is 18.5 Å². The van der Waals surface area contributed by atoms with E-state index in [1.165, 1.54) is 63.5 Å². The van der Waals surface area contributed by atoms with Crippen molar-refractivity contribution in [1.29, 1.82) is 0 Å².